The molecule has 6 nitrogen and oxygen atoms in total. The molecule has 2 heterocycles. The number of aryl methyl sites for hydroxylation is 1. The molecule has 0 unspecified atom stereocenters. The molecule has 0 saturated heterocycles. The van der Waals surface area contributed by atoms with Gasteiger partial charge in [0, 0.05) is 19.3 Å². The lowest BCUT2D eigenvalue weighted by Crippen LogP contribution is -2.23. The van der Waals surface area contributed by atoms with Crippen molar-refractivity contribution in [2.45, 2.75) is 6.54 Å². The van der Waals surface area contributed by atoms with E-state index in [2.05, 4.69) is 37.4 Å². The van der Waals surface area contributed by atoms with Gasteiger partial charge in [0.25, 0.3) is 5.56 Å². The number of rotatable bonds is 3. The fraction of sp³-hybridized carbons (Fsp3) is 0.182. The first-order valence-electron chi connectivity index (χ1n) is 5.07. The number of nitrogens with one attached hydrogen (secondary N) is 1. The molecule has 0 bridgehead atoms. The van der Waals surface area contributed by atoms with E-state index in [4.69, 9.17) is 6.42 Å². The van der Waals surface area contributed by atoms with Gasteiger partial charge in [0.2, 0.25) is 0 Å². The van der Waals surface area contributed by atoms with Crippen LogP contribution in [-0.4, -0.2) is 19.6 Å². The monoisotopic (exact) mass is 307 g/mol. The Morgan fingerprint density at radius 1 is 1.61 bits per heavy atom. The molecule has 2 aromatic heterocycles. The van der Waals surface area contributed by atoms with E-state index in [9.17, 15) is 4.79 Å². The Kier molecular flexibility index (Phi) is 3.48. The highest BCUT2D eigenvalue weighted by atomic mass is 79.9. The van der Waals surface area contributed by atoms with E-state index < -0.39 is 0 Å². The summed E-state index contributed by atoms with van der Waals surface area (Å²) in [5.74, 6) is 3.00. The number of hydrogen-bond donors (Lipinski definition) is 1. The van der Waals surface area contributed by atoms with Crippen LogP contribution >= 0.6 is 15.9 Å². The summed E-state index contributed by atoms with van der Waals surface area (Å²) in [6.45, 7) is 0.140. The summed E-state index contributed by atoms with van der Waals surface area (Å²) in [5, 5.41) is 11.1. The molecule has 0 amide bonds. The third-order valence-electron chi connectivity index (χ3n) is 2.20. The molecule has 0 spiro atoms. The van der Waals surface area contributed by atoms with E-state index in [1.807, 2.05) is 7.05 Å². The largest absolute Gasteiger partial charge is 0.336 e. The van der Waals surface area contributed by atoms with Crippen molar-refractivity contribution in [1.29, 1.82) is 0 Å². The van der Waals surface area contributed by atoms with Crippen LogP contribution in [0.2, 0.25) is 0 Å². The van der Waals surface area contributed by atoms with Gasteiger partial charge in [-0.05, 0) is 15.9 Å². The van der Waals surface area contributed by atoms with E-state index in [-0.39, 0.29) is 12.1 Å². The fourth-order valence-electron chi connectivity index (χ4n) is 1.37. The molecule has 0 aromatic carbocycles. The van der Waals surface area contributed by atoms with Crippen molar-refractivity contribution in [3.8, 4) is 12.3 Å². The third-order valence-corrected chi connectivity index (χ3v) is 2.97. The molecule has 0 aliphatic rings. The Bertz CT molecular complexity index is 667. The fourth-order valence-corrected chi connectivity index (χ4v) is 1.78. The topological polar surface area (TPSA) is 64.7 Å². The molecule has 92 valence electrons. The molecule has 0 atom stereocenters. The van der Waals surface area contributed by atoms with Crippen LogP contribution in [0.15, 0.2) is 27.7 Å². The summed E-state index contributed by atoms with van der Waals surface area (Å²) in [6, 6.07) is 1.79. The molecular weight excluding hydrogens is 298 g/mol. The van der Waals surface area contributed by atoms with Gasteiger partial charge >= 0.3 is 0 Å². The number of nitrogens with zero attached hydrogens (tertiary/aromatic N) is 4. The van der Waals surface area contributed by atoms with Gasteiger partial charge in [0.1, 0.15) is 11.0 Å². The molecule has 0 aliphatic heterocycles. The first-order chi connectivity index (χ1) is 8.61. The van der Waals surface area contributed by atoms with Crippen LogP contribution in [0.25, 0.3) is 0 Å². The predicted molar refractivity (Wildman–Crippen MR) is 71.5 cm³/mol. The molecule has 7 heteroatoms. The Morgan fingerprint density at radius 2 is 2.39 bits per heavy atom. The highest BCUT2D eigenvalue weighted by molar-refractivity contribution is 9.10. The normalized spacial score (nSPS) is 10.1. The molecule has 0 fully saturated rings. The van der Waals surface area contributed by atoms with Crippen LogP contribution in [0.5, 0.6) is 0 Å². The van der Waals surface area contributed by atoms with E-state index in [1.165, 1.54) is 10.9 Å². The van der Waals surface area contributed by atoms with Crippen LogP contribution in [0.3, 0.4) is 0 Å². The maximum Gasteiger partial charge on any atom is 0.284 e. The maximum absolute atomic E-state index is 11.9. The average Bonchev–Trinajstić information content (AvgIpc) is 2.75. The van der Waals surface area contributed by atoms with Gasteiger partial charge in [-0.3, -0.25) is 9.48 Å². The van der Waals surface area contributed by atoms with Gasteiger partial charge in [-0.2, -0.15) is 10.2 Å². The summed E-state index contributed by atoms with van der Waals surface area (Å²) < 4.78 is 3.23. The van der Waals surface area contributed by atoms with Crippen molar-refractivity contribution < 1.29 is 0 Å². The van der Waals surface area contributed by atoms with Crippen molar-refractivity contribution in [3.63, 3.8) is 0 Å². The minimum Gasteiger partial charge on any atom is -0.336 e. The van der Waals surface area contributed by atoms with Gasteiger partial charge < -0.3 is 5.32 Å². The van der Waals surface area contributed by atoms with Crippen LogP contribution in [0.1, 0.15) is 0 Å². The Morgan fingerprint density at radius 3 is 3.00 bits per heavy atom. The van der Waals surface area contributed by atoms with Gasteiger partial charge in [-0.25, -0.2) is 4.68 Å². The minimum absolute atomic E-state index is 0.140. The minimum atomic E-state index is -0.283. The summed E-state index contributed by atoms with van der Waals surface area (Å²) in [6.07, 6.45) is 8.47. The highest BCUT2D eigenvalue weighted by Crippen LogP contribution is 2.20. The second-order valence-corrected chi connectivity index (χ2v) is 4.33. The van der Waals surface area contributed by atoms with Crippen molar-refractivity contribution >= 4 is 27.4 Å². The van der Waals surface area contributed by atoms with Crippen molar-refractivity contribution in [2.24, 2.45) is 7.05 Å². The maximum atomic E-state index is 11.9. The van der Waals surface area contributed by atoms with Gasteiger partial charge in [0.05, 0.1) is 11.9 Å². The zero-order chi connectivity index (χ0) is 13.1. The molecule has 0 saturated carbocycles. The second-order valence-electron chi connectivity index (χ2n) is 3.54. The molecular formula is C11H10BrN5O. The predicted octanol–water partition coefficient (Wildman–Crippen LogP) is 1.12. The van der Waals surface area contributed by atoms with Gasteiger partial charge in [0.15, 0.2) is 5.82 Å². The second kappa shape index (κ2) is 5.06. The first-order valence-corrected chi connectivity index (χ1v) is 5.87. The molecule has 2 rings (SSSR count). The molecule has 0 aliphatic carbocycles. The van der Waals surface area contributed by atoms with Gasteiger partial charge in [-0.1, -0.05) is 5.92 Å². The Hall–Kier alpha value is -2.07. The summed E-state index contributed by atoms with van der Waals surface area (Å²) >= 11 is 3.23. The lowest BCUT2D eigenvalue weighted by Gasteiger charge is -2.06. The molecule has 18 heavy (non-hydrogen) atoms. The average molecular weight is 308 g/mol. The lowest BCUT2D eigenvalue weighted by atomic mass is 10.4. The van der Waals surface area contributed by atoms with Crippen LogP contribution in [-0.2, 0) is 13.6 Å². The van der Waals surface area contributed by atoms with Crippen LogP contribution < -0.4 is 10.9 Å². The van der Waals surface area contributed by atoms with E-state index in [0.29, 0.717) is 16.0 Å². The zero-order valence-corrected chi connectivity index (χ0v) is 11.2. The van der Waals surface area contributed by atoms with Crippen molar-refractivity contribution in [2.75, 3.05) is 5.32 Å². The molecule has 1 N–H and O–H groups in total. The Balaban J connectivity index is 2.33. The number of hydrogen-bond acceptors (Lipinski definition) is 4. The van der Waals surface area contributed by atoms with Crippen LogP contribution in [0.4, 0.5) is 11.5 Å². The number of terminal acetylenes is 1. The third kappa shape index (κ3) is 2.43. The van der Waals surface area contributed by atoms with Crippen molar-refractivity contribution in [1.82, 2.24) is 19.6 Å². The van der Waals surface area contributed by atoms with Gasteiger partial charge in [-0.15, -0.1) is 6.42 Å². The summed E-state index contributed by atoms with van der Waals surface area (Å²) in [4.78, 5) is 11.9. The summed E-state index contributed by atoms with van der Waals surface area (Å²) in [7, 11) is 1.81. The van der Waals surface area contributed by atoms with Crippen LogP contribution in [0, 0.1) is 12.3 Å². The van der Waals surface area contributed by atoms with E-state index >= 15 is 0 Å². The SMILES string of the molecule is C#CCn1ncc(Nc2ccn(C)n2)c(Br)c1=O. The lowest BCUT2D eigenvalue weighted by molar-refractivity contribution is 0.660. The number of halogens is 1. The highest BCUT2D eigenvalue weighted by Gasteiger charge is 2.09. The standard InChI is InChI=1S/C11H10BrN5O/c1-3-5-17-11(18)10(12)8(7-13-17)14-9-4-6-16(2)15-9/h1,4,6-7H,5H2,2H3,(H,14,15). The number of anilines is 2. The smallest absolute Gasteiger partial charge is 0.284 e. The quantitative estimate of drug-likeness (QED) is 0.863. The van der Waals surface area contributed by atoms with E-state index in [0.717, 1.165) is 0 Å². The summed E-state index contributed by atoms with van der Waals surface area (Å²) in [5.41, 5.74) is 0.265. The van der Waals surface area contributed by atoms with Crippen molar-refractivity contribution in [3.05, 3.63) is 33.3 Å². The number of aromatic nitrogens is 4. The zero-order valence-electron chi connectivity index (χ0n) is 9.59. The van der Waals surface area contributed by atoms with E-state index in [1.54, 1.807) is 16.9 Å². The molecule has 0 radical (unpaired) electrons. The molecule has 2 aromatic rings. The first kappa shape index (κ1) is 12.4. The Labute approximate surface area is 112 Å².